The first-order chi connectivity index (χ1) is 17.0. The zero-order valence-electron chi connectivity index (χ0n) is 21.2. The molecule has 0 unspecified atom stereocenters. The van der Waals surface area contributed by atoms with Crippen molar-refractivity contribution in [3.8, 4) is 0 Å². The fraction of sp³-hybridized carbons (Fsp3) is 0.345. The first-order valence-corrected chi connectivity index (χ1v) is 12.0. The molecule has 0 fully saturated rings. The second-order valence-electron chi connectivity index (χ2n) is 9.08. The molecule has 0 aliphatic heterocycles. The molecule has 2 rings (SSSR count). The molecule has 5 N–H and O–H groups in total. The lowest BCUT2D eigenvalue weighted by Crippen LogP contribution is -2.35. The highest BCUT2D eigenvalue weighted by Gasteiger charge is 2.12. The number of hydrogen-bond acceptors (Lipinski definition) is 6. The molecule has 0 heterocycles. The van der Waals surface area contributed by atoms with Gasteiger partial charge in [-0.15, -0.1) is 0 Å². The third-order valence-electron chi connectivity index (χ3n) is 5.74. The highest BCUT2D eigenvalue weighted by molar-refractivity contribution is 5.97. The first kappa shape index (κ1) is 29.0. The number of hydrogen-bond donors (Lipinski definition) is 5. The molecule has 0 radical (unpaired) electrons. The van der Waals surface area contributed by atoms with Crippen LogP contribution in [0, 0.1) is 12.7 Å². The molecule has 0 aliphatic rings. The van der Waals surface area contributed by atoms with Crippen LogP contribution in [0.15, 0.2) is 78.3 Å². The summed E-state index contributed by atoms with van der Waals surface area (Å²) >= 11 is 0. The summed E-state index contributed by atoms with van der Waals surface area (Å²) in [6, 6.07) is 12.2. The quantitative estimate of drug-likeness (QED) is 0.114. The summed E-state index contributed by atoms with van der Waals surface area (Å²) in [4.78, 5) is 12.6. The molecule has 0 bridgehead atoms. The summed E-state index contributed by atoms with van der Waals surface area (Å²) in [5.41, 5.74) is 3.88. The molecule has 2 aromatic rings. The highest BCUT2D eigenvalue weighted by atomic mass is 19.1. The number of aryl methyl sites for hydroxylation is 1. The highest BCUT2D eigenvalue weighted by Crippen LogP contribution is 2.12. The zero-order chi connectivity index (χ0) is 26.7. The van der Waals surface area contributed by atoms with E-state index in [1.165, 1.54) is 31.2 Å². The van der Waals surface area contributed by atoms with Gasteiger partial charge >= 0.3 is 0 Å². The van der Waals surface area contributed by atoms with Gasteiger partial charge in [-0.25, -0.2) is 4.39 Å². The summed E-state index contributed by atoms with van der Waals surface area (Å²) in [5.74, 6) is -0.507. The van der Waals surface area contributed by atoms with E-state index in [1.54, 1.807) is 12.1 Å². The van der Waals surface area contributed by atoms with Gasteiger partial charge in [0.1, 0.15) is 11.6 Å². The van der Waals surface area contributed by atoms with Gasteiger partial charge in [0.05, 0.1) is 18.4 Å². The van der Waals surface area contributed by atoms with Crippen molar-refractivity contribution in [3.63, 3.8) is 0 Å². The molecule has 0 amide bonds. The first-order valence-electron chi connectivity index (χ1n) is 12.0. The number of carbonyl (C=O) groups excluding carboxylic acids is 1. The lowest BCUT2D eigenvalue weighted by Gasteiger charge is -2.18. The van der Waals surface area contributed by atoms with E-state index < -0.39 is 6.10 Å². The fourth-order valence-electron chi connectivity index (χ4n) is 3.72. The van der Waals surface area contributed by atoms with Gasteiger partial charge in [-0.3, -0.25) is 4.79 Å². The van der Waals surface area contributed by atoms with Crippen molar-refractivity contribution in [2.24, 2.45) is 0 Å². The SMILES string of the molecule is C=C(/C=C(O)\C=C(/C)O)[C@@H](O)CN[C@H](C)Cc1cccc(C(=O)CNCCc2cc(F)ccc2C)c1. The van der Waals surface area contributed by atoms with Crippen LogP contribution in [0.25, 0.3) is 0 Å². The smallest absolute Gasteiger partial charge is 0.176 e. The maximum Gasteiger partial charge on any atom is 0.176 e. The van der Waals surface area contributed by atoms with Crippen molar-refractivity contribution in [3.05, 3.63) is 106 Å². The molecule has 2 atom stereocenters. The van der Waals surface area contributed by atoms with Gasteiger partial charge in [0.2, 0.25) is 0 Å². The van der Waals surface area contributed by atoms with E-state index in [0.717, 1.165) is 16.7 Å². The molecule has 194 valence electrons. The number of allylic oxidation sites excluding steroid dienone is 2. The summed E-state index contributed by atoms with van der Waals surface area (Å²) in [6.07, 6.45) is 2.87. The van der Waals surface area contributed by atoms with Gasteiger partial charge in [0.25, 0.3) is 0 Å². The van der Waals surface area contributed by atoms with Gasteiger partial charge in [-0.05, 0) is 86.7 Å². The molecule has 0 spiro atoms. The van der Waals surface area contributed by atoms with Gasteiger partial charge in [-0.1, -0.05) is 30.8 Å². The molecule has 7 heteroatoms. The minimum Gasteiger partial charge on any atom is -0.512 e. The topological polar surface area (TPSA) is 102 Å². The molecule has 0 saturated heterocycles. The molecule has 2 aromatic carbocycles. The van der Waals surface area contributed by atoms with Crippen molar-refractivity contribution >= 4 is 5.78 Å². The molecular weight excluding hydrogens is 459 g/mol. The van der Waals surface area contributed by atoms with E-state index in [4.69, 9.17) is 0 Å². The second-order valence-corrected chi connectivity index (χ2v) is 9.08. The van der Waals surface area contributed by atoms with Crippen molar-refractivity contribution in [2.75, 3.05) is 19.6 Å². The van der Waals surface area contributed by atoms with Crippen LogP contribution in [0.5, 0.6) is 0 Å². The van der Waals surface area contributed by atoms with Crippen molar-refractivity contribution in [1.82, 2.24) is 10.6 Å². The Labute approximate surface area is 212 Å². The Kier molecular flexibility index (Phi) is 11.5. The molecular formula is C29H37FN2O4. The van der Waals surface area contributed by atoms with Crippen LogP contribution in [-0.4, -0.2) is 52.9 Å². The minimum absolute atomic E-state index is 0.0149. The monoisotopic (exact) mass is 496 g/mol. The Balaban J connectivity index is 1.80. The third kappa shape index (κ3) is 10.2. The number of carbonyl (C=O) groups is 1. The summed E-state index contributed by atoms with van der Waals surface area (Å²) in [7, 11) is 0. The maximum atomic E-state index is 13.4. The lowest BCUT2D eigenvalue weighted by atomic mass is 10.0. The predicted octanol–water partition coefficient (Wildman–Crippen LogP) is 4.49. The van der Waals surface area contributed by atoms with Crippen LogP contribution in [0.2, 0.25) is 0 Å². The van der Waals surface area contributed by atoms with E-state index in [-0.39, 0.29) is 42.3 Å². The Bertz CT molecular complexity index is 1110. The molecule has 0 aliphatic carbocycles. The minimum atomic E-state index is -0.905. The van der Waals surface area contributed by atoms with E-state index >= 15 is 0 Å². The van der Waals surface area contributed by atoms with Crippen LogP contribution in [0.4, 0.5) is 4.39 Å². The van der Waals surface area contributed by atoms with E-state index in [0.29, 0.717) is 30.5 Å². The number of ketones is 1. The van der Waals surface area contributed by atoms with Gasteiger partial charge < -0.3 is 26.0 Å². The predicted molar refractivity (Wildman–Crippen MR) is 142 cm³/mol. The van der Waals surface area contributed by atoms with E-state index in [2.05, 4.69) is 17.2 Å². The molecule has 6 nitrogen and oxygen atoms in total. The van der Waals surface area contributed by atoms with Crippen LogP contribution in [-0.2, 0) is 12.8 Å². The van der Waals surface area contributed by atoms with Crippen LogP contribution in [0.1, 0.15) is 40.9 Å². The normalized spacial score (nSPS) is 13.9. The van der Waals surface area contributed by atoms with Crippen molar-refractivity contribution < 1.29 is 24.5 Å². The van der Waals surface area contributed by atoms with Crippen LogP contribution in [0.3, 0.4) is 0 Å². The third-order valence-corrected chi connectivity index (χ3v) is 5.74. The van der Waals surface area contributed by atoms with Gasteiger partial charge in [0, 0.05) is 24.2 Å². The number of halogens is 1. The lowest BCUT2D eigenvalue weighted by molar-refractivity contribution is 0.0991. The maximum absolute atomic E-state index is 13.4. The number of aliphatic hydroxyl groups excluding tert-OH is 3. The summed E-state index contributed by atoms with van der Waals surface area (Å²) < 4.78 is 13.4. The number of Topliss-reactive ketones (excluding diaryl/α,β-unsaturated/α-hetero) is 1. The van der Waals surface area contributed by atoms with E-state index in [9.17, 15) is 24.5 Å². The second kappa shape index (κ2) is 14.3. The zero-order valence-corrected chi connectivity index (χ0v) is 21.2. The largest absolute Gasteiger partial charge is 0.512 e. The average molecular weight is 497 g/mol. The van der Waals surface area contributed by atoms with E-state index in [1.807, 2.05) is 32.0 Å². The summed E-state index contributed by atoms with van der Waals surface area (Å²) in [6.45, 7) is 10.1. The number of benzene rings is 2. The number of aliphatic hydroxyl groups is 3. The Morgan fingerprint density at radius 3 is 2.64 bits per heavy atom. The molecule has 0 aromatic heterocycles. The van der Waals surface area contributed by atoms with Crippen molar-refractivity contribution in [1.29, 1.82) is 0 Å². The average Bonchev–Trinajstić information content (AvgIpc) is 2.81. The molecule has 0 saturated carbocycles. The standard InChI is InChI=1S/C29H37FN2O4/c1-19-8-9-26(30)16-24(19)10-11-31-17-29(36)25-7-5-6-23(15-25)13-21(3)32-18-28(35)20(2)12-27(34)14-22(4)33/h5-9,12,14-16,21,28,31-35H,2,10-11,13,17-18H2,1,3-4H3/b22-14+,27-12+/t21-,28+/m1/s1. The van der Waals surface area contributed by atoms with Crippen LogP contribution < -0.4 is 10.6 Å². The van der Waals surface area contributed by atoms with Crippen LogP contribution >= 0.6 is 0 Å². The summed E-state index contributed by atoms with van der Waals surface area (Å²) in [5, 5.41) is 35.5. The Morgan fingerprint density at radius 2 is 1.92 bits per heavy atom. The van der Waals surface area contributed by atoms with Crippen molar-refractivity contribution in [2.45, 2.75) is 45.8 Å². The Hall–Kier alpha value is -3.26. The van der Waals surface area contributed by atoms with Gasteiger partial charge in [-0.2, -0.15) is 0 Å². The fourth-order valence-corrected chi connectivity index (χ4v) is 3.72. The number of rotatable bonds is 14. The van der Waals surface area contributed by atoms with Gasteiger partial charge in [0.15, 0.2) is 5.78 Å². The Morgan fingerprint density at radius 1 is 1.17 bits per heavy atom. The number of nitrogens with one attached hydrogen (secondary N) is 2. The molecule has 36 heavy (non-hydrogen) atoms.